The second kappa shape index (κ2) is 4.06. The van der Waals surface area contributed by atoms with Crippen LogP contribution in [0.15, 0.2) is 29.2 Å². The minimum absolute atomic E-state index is 0.0618. The lowest BCUT2D eigenvalue weighted by Crippen LogP contribution is -2.22. The van der Waals surface area contributed by atoms with Crippen molar-refractivity contribution in [3.8, 4) is 0 Å². The third-order valence-electron chi connectivity index (χ3n) is 1.84. The molecule has 0 spiro atoms. The Morgan fingerprint density at radius 2 is 1.86 bits per heavy atom. The molecule has 0 aliphatic heterocycles. The van der Waals surface area contributed by atoms with Gasteiger partial charge in [-0.25, -0.2) is 12.8 Å². The van der Waals surface area contributed by atoms with Crippen LogP contribution in [0.1, 0.15) is 5.56 Å². The molecule has 14 heavy (non-hydrogen) atoms. The monoisotopic (exact) mass is 218 g/mol. The molecule has 1 rings (SSSR count). The Morgan fingerprint density at radius 3 is 2.29 bits per heavy atom. The van der Waals surface area contributed by atoms with Crippen LogP contribution in [0.4, 0.5) is 4.39 Å². The average Bonchev–Trinajstić information content (AvgIpc) is 2.17. The van der Waals surface area contributed by atoms with E-state index in [-0.39, 0.29) is 4.90 Å². The summed E-state index contributed by atoms with van der Waals surface area (Å²) in [7, 11) is -3.93. The molecule has 1 N–H and O–H groups in total. The van der Waals surface area contributed by atoms with E-state index in [1.807, 2.05) is 6.92 Å². The molecule has 0 radical (unpaired) electrons. The fourth-order valence-electron chi connectivity index (χ4n) is 0.968. The third-order valence-corrected chi connectivity index (χ3v) is 3.61. The Bertz CT molecular complexity index is 397. The zero-order chi connectivity index (χ0) is 10.8. The lowest BCUT2D eigenvalue weighted by Gasteiger charge is -2.08. The first kappa shape index (κ1) is 11.1. The standard InChI is InChI=1S/C9H11FO3S/c1-7-2-4-8(5-3-7)14(12,13)9(11)6-10/h2-5,9,11H,6H2,1H3. The molecule has 0 aliphatic carbocycles. The van der Waals surface area contributed by atoms with Gasteiger partial charge in [0.1, 0.15) is 6.67 Å². The zero-order valence-electron chi connectivity index (χ0n) is 7.64. The second-order valence-corrected chi connectivity index (χ2v) is 5.07. The first-order valence-corrected chi connectivity index (χ1v) is 5.57. The SMILES string of the molecule is Cc1ccc(S(=O)(=O)C(O)CF)cc1. The van der Waals surface area contributed by atoms with Gasteiger partial charge in [0.25, 0.3) is 0 Å². The van der Waals surface area contributed by atoms with Crippen LogP contribution in [0.25, 0.3) is 0 Å². The molecular formula is C9H11FO3S. The number of hydrogen-bond acceptors (Lipinski definition) is 3. The molecule has 0 aromatic heterocycles. The average molecular weight is 218 g/mol. The van der Waals surface area contributed by atoms with Crippen molar-refractivity contribution in [2.75, 3.05) is 6.67 Å². The number of benzene rings is 1. The van der Waals surface area contributed by atoms with Gasteiger partial charge in [-0.1, -0.05) is 17.7 Å². The number of hydrogen-bond donors (Lipinski definition) is 1. The summed E-state index contributed by atoms with van der Waals surface area (Å²) in [6, 6.07) is 5.89. The summed E-state index contributed by atoms with van der Waals surface area (Å²) in [4.78, 5) is -0.0618. The number of sulfone groups is 1. The minimum Gasteiger partial charge on any atom is -0.375 e. The van der Waals surface area contributed by atoms with E-state index in [9.17, 15) is 12.8 Å². The summed E-state index contributed by atoms with van der Waals surface area (Å²) < 4.78 is 34.8. The first-order chi connectivity index (χ1) is 6.48. The van der Waals surface area contributed by atoms with Crippen molar-refractivity contribution in [1.82, 2.24) is 0 Å². The van der Waals surface area contributed by atoms with Gasteiger partial charge in [-0.2, -0.15) is 0 Å². The van der Waals surface area contributed by atoms with Crippen LogP contribution >= 0.6 is 0 Å². The summed E-state index contributed by atoms with van der Waals surface area (Å²) in [5.74, 6) is 0. The van der Waals surface area contributed by atoms with E-state index in [2.05, 4.69) is 0 Å². The highest BCUT2D eigenvalue weighted by atomic mass is 32.2. The normalized spacial score (nSPS) is 13.9. The predicted molar refractivity (Wildman–Crippen MR) is 50.3 cm³/mol. The van der Waals surface area contributed by atoms with Crippen LogP contribution in [-0.2, 0) is 9.84 Å². The molecule has 1 unspecified atom stereocenters. The maximum absolute atomic E-state index is 12.0. The topological polar surface area (TPSA) is 54.4 Å². The summed E-state index contributed by atoms with van der Waals surface area (Å²) in [6.07, 6.45) is 0. The maximum Gasteiger partial charge on any atom is 0.207 e. The summed E-state index contributed by atoms with van der Waals surface area (Å²) in [5, 5.41) is 8.95. The lowest BCUT2D eigenvalue weighted by atomic mass is 10.2. The van der Waals surface area contributed by atoms with E-state index in [1.165, 1.54) is 12.1 Å². The van der Waals surface area contributed by atoms with E-state index in [0.717, 1.165) is 5.56 Å². The van der Waals surface area contributed by atoms with E-state index < -0.39 is 21.9 Å². The summed E-state index contributed by atoms with van der Waals surface area (Å²) >= 11 is 0. The van der Waals surface area contributed by atoms with Gasteiger partial charge in [0.05, 0.1) is 4.90 Å². The van der Waals surface area contributed by atoms with Gasteiger partial charge in [0.2, 0.25) is 9.84 Å². The molecule has 0 aliphatic rings. The van der Waals surface area contributed by atoms with Crippen LogP contribution < -0.4 is 0 Å². The van der Waals surface area contributed by atoms with Crippen molar-refractivity contribution in [1.29, 1.82) is 0 Å². The van der Waals surface area contributed by atoms with Crippen molar-refractivity contribution in [2.24, 2.45) is 0 Å². The van der Waals surface area contributed by atoms with Gasteiger partial charge in [-0.15, -0.1) is 0 Å². The van der Waals surface area contributed by atoms with Crippen LogP contribution in [0.2, 0.25) is 0 Å². The molecule has 3 nitrogen and oxygen atoms in total. The highest BCUT2D eigenvalue weighted by Gasteiger charge is 2.24. The van der Waals surface area contributed by atoms with Crippen molar-refractivity contribution in [3.05, 3.63) is 29.8 Å². The van der Waals surface area contributed by atoms with Crippen LogP contribution in [0.3, 0.4) is 0 Å². The number of aliphatic hydroxyl groups excluding tert-OH is 1. The van der Waals surface area contributed by atoms with E-state index in [4.69, 9.17) is 5.11 Å². The molecule has 0 bridgehead atoms. The quantitative estimate of drug-likeness (QED) is 0.825. The smallest absolute Gasteiger partial charge is 0.207 e. The molecule has 78 valence electrons. The van der Waals surface area contributed by atoms with Gasteiger partial charge >= 0.3 is 0 Å². The molecule has 0 saturated heterocycles. The molecule has 0 heterocycles. The molecule has 1 atom stereocenters. The van der Waals surface area contributed by atoms with Gasteiger partial charge < -0.3 is 5.11 Å². The molecule has 0 fully saturated rings. The van der Waals surface area contributed by atoms with Gasteiger partial charge in [0.15, 0.2) is 5.44 Å². The van der Waals surface area contributed by atoms with E-state index in [0.29, 0.717) is 0 Å². The molecule has 1 aromatic carbocycles. The summed E-state index contributed by atoms with van der Waals surface area (Å²) in [5.41, 5.74) is -1.07. The number of aliphatic hydroxyl groups is 1. The lowest BCUT2D eigenvalue weighted by molar-refractivity contribution is 0.208. The van der Waals surface area contributed by atoms with Crippen molar-refractivity contribution >= 4 is 9.84 Å². The van der Waals surface area contributed by atoms with Crippen LogP contribution in [0.5, 0.6) is 0 Å². The third kappa shape index (κ3) is 2.10. The van der Waals surface area contributed by atoms with Gasteiger partial charge in [0, 0.05) is 0 Å². The Morgan fingerprint density at radius 1 is 1.36 bits per heavy atom. The summed E-state index contributed by atoms with van der Waals surface area (Å²) in [6.45, 7) is 0.512. The molecule has 0 amide bonds. The maximum atomic E-state index is 12.0. The first-order valence-electron chi connectivity index (χ1n) is 4.03. The second-order valence-electron chi connectivity index (χ2n) is 2.97. The molecule has 5 heteroatoms. The molecular weight excluding hydrogens is 207 g/mol. The van der Waals surface area contributed by atoms with Crippen LogP contribution in [-0.4, -0.2) is 25.6 Å². The number of rotatable bonds is 3. The number of halogens is 1. The molecule has 1 aromatic rings. The number of alkyl halides is 1. The Hall–Kier alpha value is -0.940. The highest BCUT2D eigenvalue weighted by molar-refractivity contribution is 7.91. The fraction of sp³-hybridized carbons (Fsp3) is 0.333. The Kier molecular flexibility index (Phi) is 3.23. The zero-order valence-corrected chi connectivity index (χ0v) is 8.46. The van der Waals surface area contributed by atoms with Crippen molar-refractivity contribution in [2.45, 2.75) is 17.3 Å². The van der Waals surface area contributed by atoms with Gasteiger partial charge in [-0.3, -0.25) is 0 Å². The number of aryl methyl sites for hydroxylation is 1. The highest BCUT2D eigenvalue weighted by Crippen LogP contribution is 2.15. The fourth-order valence-corrected chi connectivity index (χ4v) is 1.96. The van der Waals surface area contributed by atoms with Gasteiger partial charge in [-0.05, 0) is 19.1 Å². The van der Waals surface area contributed by atoms with Crippen molar-refractivity contribution < 1.29 is 17.9 Å². The van der Waals surface area contributed by atoms with E-state index >= 15 is 0 Å². The molecule has 0 saturated carbocycles. The van der Waals surface area contributed by atoms with Crippen molar-refractivity contribution in [3.63, 3.8) is 0 Å². The Labute approximate surface area is 82.1 Å². The largest absolute Gasteiger partial charge is 0.375 e. The Balaban J connectivity index is 3.11. The van der Waals surface area contributed by atoms with Crippen LogP contribution in [0, 0.1) is 6.92 Å². The predicted octanol–water partition coefficient (Wildman–Crippen LogP) is 1.06. The van der Waals surface area contributed by atoms with E-state index in [1.54, 1.807) is 12.1 Å². The minimum atomic E-state index is -3.93.